The van der Waals surface area contributed by atoms with Crippen LogP contribution in [-0.4, -0.2) is 28.5 Å². The maximum atomic E-state index is 13.8. The fourth-order valence-corrected chi connectivity index (χ4v) is 4.51. The van der Waals surface area contributed by atoms with Crippen LogP contribution >= 0.6 is 27.7 Å². The van der Waals surface area contributed by atoms with Crippen LogP contribution in [0, 0.1) is 11.6 Å². The number of anilines is 1. The van der Waals surface area contributed by atoms with E-state index in [0.29, 0.717) is 27.0 Å². The highest BCUT2D eigenvalue weighted by Gasteiger charge is 2.36. The van der Waals surface area contributed by atoms with E-state index in [9.17, 15) is 23.2 Å². The molecule has 0 saturated carbocycles. The summed E-state index contributed by atoms with van der Waals surface area (Å²) in [7, 11) is 0. The van der Waals surface area contributed by atoms with Gasteiger partial charge < -0.3 is 10.1 Å². The van der Waals surface area contributed by atoms with E-state index in [1.807, 2.05) is 0 Å². The van der Waals surface area contributed by atoms with Crippen molar-refractivity contribution in [2.24, 2.45) is 0 Å². The molecule has 0 unspecified atom stereocenters. The van der Waals surface area contributed by atoms with Crippen molar-refractivity contribution >= 4 is 56.5 Å². The van der Waals surface area contributed by atoms with E-state index in [1.54, 1.807) is 36.4 Å². The number of amides is 3. The van der Waals surface area contributed by atoms with E-state index in [1.165, 1.54) is 36.4 Å². The second-order valence-electron chi connectivity index (χ2n) is 7.39. The number of nitrogens with one attached hydrogen (secondary N) is 1. The van der Waals surface area contributed by atoms with Crippen molar-refractivity contribution in [1.82, 2.24) is 4.90 Å². The van der Waals surface area contributed by atoms with Gasteiger partial charge in [-0.05, 0) is 81.8 Å². The maximum Gasteiger partial charge on any atom is 0.294 e. The quantitative estimate of drug-likeness (QED) is 0.361. The average Bonchev–Trinajstić information content (AvgIpc) is 3.08. The molecule has 10 heteroatoms. The fourth-order valence-electron chi connectivity index (χ4n) is 3.16. The summed E-state index contributed by atoms with van der Waals surface area (Å²) in [6.45, 7) is -0.421. The lowest BCUT2D eigenvalue weighted by Crippen LogP contribution is -2.36. The van der Waals surface area contributed by atoms with Gasteiger partial charge in [-0.2, -0.15) is 0 Å². The molecule has 0 aliphatic carbocycles. The normalized spacial score (nSPS) is 14.5. The van der Waals surface area contributed by atoms with Gasteiger partial charge in [-0.3, -0.25) is 19.3 Å². The highest BCUT2D eigenvalue weighted by Crippen LogP contribution is 2.34. The molecule has 0 spiro atoms. The molecule has 3 aromatic carbocycles. The molecule has 1 heterocycles. The van der Waals surface area contributed by atoms with Crippen LogP contribution in [0.25, 0.3) is 6.08 Å². The molecule has 0 bridgehead atoms. The Labute approximate surface area is 212 Å². The summed E-state index contributed by atoms with van der Waals surface area (Å²) in [5.41, 5.74) is 1.39. The predicted molar refractivity (Wildman–Crippen MR) is 133 cm³/mol. The van der Waals surface area contributed by atoms with E-state index >= 15 is 0 Å². The highest BCUT2D eigenvalue weighted by atomic mass is 79.9. The van der Waals surface area contributed by atoms with Gasteiger partial charge in [-0.15, -0.1) is 0 Å². The molecule has 1 aliphatic heterocycles. The summed E-state index contributed by atoms with van der Waals surface area (Å²) in [6, 6.07) is 16.5. The largest absolute Gasteiger partial charge is 0.488 e. The van der Waals surface area contributed by atoms with Gasteiger partial charge in [0.1, 0.15) is 30.5 Å². The molecule has 0 aromatic heterocycles. The summed E-state index contributed by atoms with van der Waals surface area (Å²) >= 11 is 4.13. The fraction of sp³-hybridized carbons (Fsp3) is 0.0800. The minimum absolute atomic E-state index is 0.0451. The second-order valence-corrected chi connectivity index (χ2v) is 9.24. The molecule has 1 aliphatic rings. The highest BCUT2D eigenvalue weighted by molar-refractivity contribution is 9.10. The Bertz CT molecular complexity index is 1330. The SMILES string of the molecule is O=C(CN1C(=O)S/C(=C\c2ccc(OCc3ccccc3F)c(Br)c2)C1=O)Nc1ccc(F)cc1. The first kappa shape index (κ1) is 24.6. The summed E-state index contributed by atoms with van der Waals surface area (Å²) in [5, 5.41) is 1.95. The van der Waals surface area contributed by atoms with Gasteiger partial charge in [0.2, 0.25) is 5.91 Å². The Hall–Kier alpha value is -3.50. The Kier molecular flexibility index (Phi) is 7.62. The number of carbonyl (C=O) groups excluding carboxylic acids is 3. The first-order chi connectivity index (χ1) is 16.8. The number of rotatable bonds is 7. The van der Waals surface area contributed by atoms with Crippen molar-refractivity contribution in [1.29, 1.82) is 0 Å². The number of benzene rings is 3. The Morgan fingerprint density at radius 1 is 1.06 bits per heavy atom. The number of halogens is 3. The van der Waals surface area contributed by atoms with Crippen molar-refractivity contribution in [3.63, 3.8) is 0 Å². The smallest absolute Gasteiger partial charge is 0.294 e. The molecule has 1 saturated heterocycles. The van der Waals surface area contributed by atoms with Gasteiger partial charge in [0.05, 0.1) is 9.38 Å². The average molecular weight is 559 g/mol. The number of hydrogen-bond donors (Lipinski definition) is 1. The van der Waals surface area contributed by atoms with Crippen LogP contribution in [0.2, 0.25) is 0 Å². The van der Waals surface area contributed by atoms with Crippen LogP contribution in [-0.2, 0) is 16.2 Å². The van der Waals surface area contributed by atoms with Crippen molar-refractivity contribution < 1.29 is 27.9 Å². The summed E-state index contributed by atoms with van der Waals surface area (Å²) in [6.07, 6.45) is 1.54. The summed E-state index contributed by atoms with van der Waals surface area (Å²) in [5.74, 6) is -1.50. The number of ether oxygens (including phenoxy) is 1. The van der Waals surface area contributed by atoms with E-state index in [-0.39, 0.29) is 17.3 Å². The zero-order valence-electron chi connectivity index (χ0n) is 18.0. The lowest BCUT2D eigenvalue weighted by molar-refractivity contribution is -0.127. The number of imide groups is 1. The topological polar surface area (TPSA) is 75.7 Å². The Morgan fingerprint density at radius 2 is 1.80 bits per heavy atom. The molecule has 6 nitrogen and oxygen atoms in total. The first-order valence-electron chi connectivity index (χ1n) is 10.3. The lowest BCUT2D eigenvalue weighted by Gasteiger charge is -2.12. The van der Waals surface area contributed by atoms with Crippen LogP contribution in [0.5, 0.6) is 5.75 Å². The minimum atomic E-state index is -0.592. The summed E-state index contributed by atoms with van der Waals surface area (Å²) in [4.78, 5) is 38.3. The molecule has 3 aromatic rings. The van der Waals surface area contributed by atoms with Crippen LogP contribution in [0.1, 0.15) is 11.1 Å². The molecule has 35 heavy (non-hydrogen) atoms. The number of hydrogen-bond acceptors (Lipinski definition) is 5. The van der Waals surface area contributed by atoms with Crippen LogP contribution in [0.15, 0.2) is 76.1 Å². The second kappa shape index (κ2) is 10.8. The molecular formula is C25H17BrF2N2O4S. The monoisotopic (exact) mass is 558 g/mol. The molecule has 0 radical (unpaired) electrons. The van der Waals surface area contributed by atoms with Crippen LogP contribution in [0.3, 0.4) is 0 Å². The first-order valence-corrected chi connectivity index (χ1v) is 11.9. The standard InChI is InChI=1S/C25H17BrF2N2O4S/c26-19-11-15(5-10-21(19)34-14-16-3-1-2-4-20(16)28)12-22-24(32)30(25(33)35-22)13-23(31)29-18-8-6-17(27)7-9-18/h1-12H,13-14H2,(H,29,31)/b22-12-. The van der Waals surface area contributed by atoms with E-state index in [2.05, 4.69) is 21.2 Å². The van der Waals surface area contributed by atoms with Crippen LogP contribution < -0.4 is 10.1 Å². The van der Waals surface area contributed by atoms with Crippen molar-refractivity contribution in [3.05, 3.63) is 98.9 Å². The zero-order chi connectivity index (χ0) is 24.9. The van der Waals surface area contributed by atoms with Gasteiger partial charge in [-0.25, -0.2) is 8.78 Å². The predicted octanol–water partition coefficient (Wildman–Crippen LogP) is 5.98. The van der Waals surface area contributed by atoms with Crippen molar-refractivity contribution in [3.8, 4) is 5.75 Å². The van der Waals surface area contributed by atoms with Crippen molar-refractivity contribution in [2.45, 2.75) is 6.61 Å². The van der Waals surface area contributed by atoms with Crippen LogP contribution in [0.4, 0.5) is 19.3 Å². The van der Waals surface area contributed by atoms with Gasteiger partial charge >= 0.3 is 0 Å². The van der Waals surface area contributed by atoms with Gasteiger partial charge in [0.25, 0.3) is 11.1 Å². The molecular weight excluding hydrogens is 542 g/mol. The molecule has 0 atom stereocenters. The number of thioether (sulfide) groups is 1. The van der Waals surface area contributed by atoms with Gasteiger partial charge in [-0.1, -0.05) is 24.3 Å². The van der Waals surface area contributed by atoms with Crippen molar-refractivity contribution in [2.75, 3.05) is 11.9 Å². The van der Waals surface area contributed by atoms with Gasteiger partial charge in [0.15, 0.2) is 0 Å². The van der Waals surface area contributed by atoms with Gasteiger partial charge in [0, 0.05) is 11.3 Å². The molecule has 1 N–H and O–H groups in total. The van der Waals surface area contributed by atoms with E-state index in [0.717, 1.165) is 16.7 Å². The maximum absolute atomic E-state index is 13.8. The zero-order valence-corrected chi connectivity index (χ0v) is 20.4. The molecule has 178 valence electrons. The number of carbonyl (C=O) groups is 3. The number of nitrogens with zero attached hydrogens (tertiary/aromatic N) is 1. The summed E-state index contributed by atoms with van der Waals surface area (Å²) < 4.78 is 33.0. The third-order valence-corrected chi connectivity index (χ3v) is 6.43. The third kappa shape index (κ3) is 6.14. The molecule has 4 rings (SSSR count). The Balaban J connectivity index is 1.40. The Morgan fingerprint density at radius 3 is 2.51 bits per heavy atom. The molecule has 3 amide bonds. The van der Waals surface area contributed by atoms with E-state index in [4.69, 9.17) is 4.74 Å². The minimum Gasteiger partial charge on any atom is -0.488 e. The van der Waals surface area contributed by atoms with E-state index < -0.39 is 29.4 Å². The lowest BCUT2D eigenvalue weighted by atomic mass is 10.2. The third-order valence-electron chi connectivity index (χ3n) is 4.90. The molecule has 1 fully saturated rings.